The van der Waals surface area contributed by atoms with Gasteiger partial charge in [0.25, 0.3) is 0 Å². The summed E-state index contributed by atoms with van der Waals surface area (Å²) in [4.78, 5) is 28.8. The van der Waals surface area contributed by atoms with Gasteiger partial charge in [-0.05, 0) is 30.5 Å². The van der Waals surface area contributed by atoms with Crippen molar-refractivity contribution in [3.05, 3.63) is 70.7 Å². The monoisotopic (exact) mass is 380 g/mol. The Morgan fingerprint density at radius 1 is 1.04 bits per heavy atom. The van der Waals surface area contributed by atoms with Gasteiger partial charge in [0.1, 0.15) is 4.88 Å². The maximum absolute atomic E-state index is 12.3. The fourth-order valence-corrected chi connectivity index (χ4v) is 3.51. The predicted octanol–water partition coefficient (Wildman–Crippen LogP) is 4.48. The Labute approximate surface area is 162 Å². The molecule has 0 bridgehead atoms. The smallest absolute Gasteiger partial charge is 0.350 e. The van der Waals surface area contributed by atoms with Gasteiger partial charge in [0.15, 0.2) is 5.13 Å². The molecular formula is C21H20N2O3S. The van der Waals surface area contributed by atoms with E-state index in [1.165, 1.54) is 0 Å². The minimum absolute atomic E-state index is 0.174. The van der Waals surface area contributed by atoms with Crippen LogP contribution in [0.1, 0.15) is 27.9 Å². The van der Waals surface area contributed by atoms with Crippen molar-refractivity contribution in [1.82, 2.24) is 4.98 Å². The highest BCUT2D eigenvalue weighted by Crippen LogP contribution is 2.24. The number of carbonyl (C=O) groups is 2. The summed E-state index contributed by atoms with van der Waals surface area (Å²) in [5, 5.41) is 3.16. The van der Waals surface area contributed by atoms with Gasteiger partial charge < -0.3 is 10.1 Å². The summed E-state index contributed by atoms with van der Waals surface area (Å²) >= 11 is 1.13. The molecule has 0 saturated carbocycles. The minimum atomic E-state index is -0.413. The Balaban J connectivity index is 1.63. The van der Waals surface area contributed by atoms with Crippen molar-refractivity contribution in [3.8, 4) is 11.1 Å². The first kappa shape index (κ1) is 18.8. The van der Waals surface area contributed by atoms with Gasteiger partial charge in [0, 0.05) is 0 Å². The summed E-state index contributed by atoms with van der Waals surface area (Å²) in [6.45, 7) is 3.78. The van der Waals surface area contributed by atoms with Crippen molar-refractivity contribution >= 4 is 28.3 Å². The standard InChI is InChI=1S/C21H20N2O3S/c1-3-26-20(25)19-14(2)22-21(27-19)23-18(24)13-15-9-11-17(12-10-15)16-7-5-4-6-8-16/h4-12H,3,13H2,1-2H3,(H,22,23,24). The van der Waals surface area contributed by atoms with Crippen LogP contribution in [0.2, 0.25) is 0 Å². The number of carbonyl (C=O) groups excluding carboxylic acids is 2. The first-order chi connectivity index (χ1) is 13.1. The van der Waals surface area contributed by atoms with Crippen LogP contribution in [-0.2, 0) is 16.0 Å². The lowest BCUT2D eigenvalue weighted by Gasteiger charge is -2.05. The minimum Gasteiger partial charge on any atom is -0.462 e. The zero-order valence-electron chi connectivity index (χ0n) is 15.2. The van der Waals surface area contributed by atoms with Crippen LogP contribution in [0, 0.1) is 6.92 Å². The van der Waals surface area contributed by atoms with E-state index in [9.17, 15) is 9.59 Å². The second-order valence-electron chi connectivity index (χ2n) is 5.94. The molecule has 1 aromatic heterocycles. The number of anilines is 1. The van der Waals surface area contributed by atoms with Crippen molar-refractivity contribution in [2.75, 3.05) is 11.9 Å². The molecule has 5 nitrogen and oxygen atoms in total. The number of nitrogens with one attached hydrogen (secondary N) is 1. The van der Waals surface area contributed by atoms with E-state index in [-0.39, 0.29) is 12.3 Å². The number of aryl methyl sites for hydroxylation is 1. The molecule has 0 atom stereocenters. The Kier molecular flexibility index (Phi) is 5.98. The highest BCUT2D eigenvalue weighted by Gasteiger charge is 2.17. The molecule has 1 heterocycles. The Bertz CT molecular complexity index is 934. The van der Waals surface area contributed by atoms with E-state index in [1.54, 1.807) is 13.8 Å². The highest BCUT2D eigenvalue weighted by molar-refractivity contribution is 7.17. The fourth-order valence-electron chi connectivity index (χ4n) is 2.63. The lowest BCUT2D eigenvalue weighted by atomic mass is 10.0. The van der Waals surface area contributed by atoms with E-state index in [0.29, 0.717) is 22.3 Å². The van der Waals surface area contributed by atoms with Crippen molar-refractivity contribution in [3.63, 3.8) is 0 Å². The Hall–Kier alpha value is -2.99. The molecule has 0 aliphatic rings. The van der Waals surface area contributed by atoms with E-state index < -0.39 is 5.97 Å². The van der Waals surface area contributed by atoms with Crippen molar-refractivity contribution < 1.29 is 14.3 Å². The number of aromatic nitrogens is 1. The van der Waals surface area contributed by atoms with Crippen LogP contribution in [0.5, 0.6) is 0 Å². The van der Waals surface area contributed by atoms with Crippen molar-refractivity contribution in [2.24, 2.45) is 0 Å². The second-order valence-corrected chi connectivity index (χ2v) is 6.94. The van der Waals surface area contributed by atoms with Crippen molar-refractivity contribution in [2.45, 2.75) is 20.3 Å². The summed E-state index contributed by atoms with van der Waals surface area (Å²) in [6, 6.07) is 18.0. The summed E-state index contributed by atoms with van der Waals surface area (Å²) in [5.74, 6) is -0.587. The lowest BCUT2D eigenvalue weighted by molar-refractivity contribution is -0.115. The average molecular weight is 380 g/mol. The third-order valence-electron chi connectivity index (χ3n) is 3.93. The maximum Gasteiger partial charge on any atom is 0.350 e. The van der Waals surface area contributed by atoms with Gasteiger partial charge in [-0.15, -0.1) is 0 Å². The molecule has 138 valence electrons. The van der Waals surface area contributed by atoms with Gasteiger partial charge in [0.2, 0.25) is 5.91 Å². The number of esters is 1. The summed E-state index contributed by atoms with van der Waals surface area (Å²) < 4.78 is 4.99. The summed E-state index contributed by atoms with van der Waals surface area (Å²) in [6.07, 6.45) is 0.239. The molecular weight excluding hydrogens is 360 g/mol. The number of thiazole rings is 1. The molecule has 3 aromatic rings. The molecule has 0 spiro atoms. The van der Waals surface area contributed by atoms with E-state index in [0.717, 1.165) is 28.0 Å². The number of rotatable bonds is 6. The van der Waals surface area contributed by atoms with Crippen LogP contribution in [0.3, 0.4) is 0 Å². The van der Waals surface area contributed by atoms with E-state index in [1.807, 2.05) is 54.6 Å². The Morgan fingerprint density at radius 3 is 2.37 bits per heavy atom. The van der Waals surface area contributed by atoms with Gasteiger partial charge in [-0.25, -0.2) is 9.78 Å². The molecule has 0 fully saturated rings. The van der Waals surface area contributed by atoms with Crippen LogP contribution in [-0.4, -0.2) is 23.5 Å². The van der Waals surface area contributed by atoms with Crippen LogP contribution < -0.4 is 5.32 Å². The number of benzene rings is 2. The maximum atomic E-state index is 12.3. The Morgan fingerprint density at radius 2 is 1.70 bits per heavy atom. The fraction of sp³-hybridized carbons (Fsp3) is 0.190. The normalized spacial score (nSPS) is 10.4. The van der Waals surface area contributed by atoms with Crippen molar-refractivity contribution in [1.29, 1.82) is 0 Å². The number of nitrogens with zero attached hydrogens (tertiary/aromatic N) is 1. The molecule has 3 rings (SSSR count). The molecule has 0 radical (unpaired) electrons. The quantitative estimate of drug-likeness (QED) is 0.641. The molecule has 27 heavy (non-hydrogen) atoms. The first-order valence-electron chi connectivity index (χ1n) is 8.65. The number of hydrogen-bond donors (Lipinski definition) is 1. The molecule has 0 aliphatic heterocycles. The summed E-state index contributed by atoms with van der Waals surface area (Å²) in [7, 11) is 0. The summed E-state index contributed by atoms with van der Waals surface area (Å²) in [5.41, 5.74) is 3.71. The van der Waals surface area contributed by atoms with Gasteiger partial charge >= 0.3 is 5.97 Å². The highest BCUT2D eigenvalue weighted by atomic mass is 32.1. The molecule has 6 heteroatoms. The molecule has 0 unspecified atom stereocenters. The van der Waals surface area contributed by atoms with Gasteiger partial charge in [-0.1, -0.05) is 65.9 Å². The third kappa shape index (κ3) is 4.80. The SMILES string of the molecule is CCOC(=O)c1sc(NC(=O)Cc2ccc(-c3ccccc3)cc2)nc1C. The largest absolute Gasteiger partial charge is 0.462 e. The first-order valence-corrected chi connectivity index (χ1v) is 9.47. The van der Waals surface area contributed by atoms with Crippen LogP contribution >= 0.6 is 11.3 Å². The molecule has 0 aliphatic carbocycles. The van der Waals surface area contributed by atoms with Crippen LogP contribution in [0.25, 0.3) is 11.1 Å². The number of ether oxygens (including phenoxy) is 1. The zero-order valence-corrected chi connectivity index (χ0v) is 16.0. The average Bonchev–Trinajstić information content (AvgIpc) is 3.03. The van der Waals surface area contributed by atoms with E-state index in [4.69, 9.17) is 4.74 Å². The third-order valence-corrected chi connectivity index (χ3v) is 4.98. The van der Waals surface area contributed by atoms with E-state index >= 15 is 0 Å². The number of hydrogen-bond acceptors (Lipinski definition) is 5. The number of amides is 1. The molecule has 1 amide bonds. The van der Waals surface area contributed by atoms with E-state index in [2.05, 4.69) is 10.3 Å². The molecule has 1 N–H and O–H groups in total. The van der Waals surface area contributed by atoms with Gasteiger partial charge in [-0.2, -0.15) is 0 Å². The second kappa shape index (κ2) is 8.60. The molecule has 2 aromatic carbocycles. The lowest BCUT2D eigenvalue weighted by Crippen LogP contribution is -2.14. The van der Waals surface area contributed by atoms with Gasteiger partial charge in [0.05, 0.1) is 18.7 Å². The van der Waals surface area contributed by atoms with Crippen LogP contribution in [0.15, 0.2) is 54.6 Å². The topological polar surface area (TPSA) is 68.3 Å². The van der Waals surface area contributed by atoms with Crippen LogP contribution in [0.4, 0.5) is 5.13 Å². The van der Waals surface area contributed by atoms with Gasteiger partial charge in [-0.3, -0.25) is 4.79 Å². The molecule has 0 saturated heterocycles. The zero-order chi connectivity index (χ0) is 19.2. The predicted molar refractivity (Wildman–Crippen MR) is 107 cm³/mol.